The first kappa shape index (κ1) is 16.2. The molecule has 2 atom stereocenters. The Labute approximate surface area is 145 Å². The van der Waals surface area contributed by atoms with Crippen molar-refractivity contribution in [2.24, 2.45) is 0 Å². The molecule has 0 spiro atoms. The van der Waals surface area contributed by atoms with Gasteiger partial charge in [-0.15, -0.1) is 21.5 Å². The monoisotopic (exact) mass is 368 g/mol. The summed E-state index contributed by atoms with van der Waals surface area (Å²) in [6.45, 7) is 1.21. The summed E-state index contributed by atoms with van der Waals surface area (Å²) in [6.07, 6.45) is 3.09. The van der Waals surface area contributed by atoms with E-state index in [1.165, 1.54) is 11.3 Å². The van der Waals surface area contributed by atoms with Gasteiger partial charge in [0.25, 0.3) is 10.0 Å². The van der Waals surface area contributed by atoms with Crippen molar-refractivity contribution in [3.8, 4) is 0 Å². The molecule has 0 N–H and O–H groups in total. The minimum Gasteiger partial charge on any atom is -0.384 e. The molecule has 1 saturated heterocycles. The standard InChI is InChI=1S/C15H20N4O3S2/c1-22-7-6-13-16-17-14-9-11-4-5-12(10-18(13)14)19(11)24(20,21)15-3-2-8-23-15/h2-3,8,11-12H,4-7,9-10H2,1H3/t11-,12+/m0/s1. The van der Waals surface area contributed by atoms with Gasteiger partial charge < -0.3 is 9.30 Å². The SMILES string of the molecule is COCCc1nnc2n1C[C@H]1CC[C@@H](C2)N1S(=O)(=O)c1cccs1. The predicted octanol–water partition coefficient (Wildman–Crippen LogP) is 1.31. The number of aromatic nitrogens is 3. The fraction of sp³-hybridized carbons (Fsp3) is 0.600. The first-order chi connectivity index (χ1) is 11.6. The Morgan fingerprint density at radius 1 is 1.33 bits per heavy atom. The fourth-order valence-corrected chi connectivity index (χ4v) is 6.70. The number of hydrogen-bond donors (Lipinski definition) is 0. The molecule has 2 aromatic rings. The summed E-state index contributed by atoms with van der Waals surface area (Å²) < 4.78 is 35.5. The number of hydrogen-bond acceptors (Lipinski definition) is 6. The summed E-state index contributed by atoms with van der Waals surface area (Å²) in [6, 6.07) is 3.42. The molecule has 130 valence electrons. The normalized spacial score (nSPS) is 24.0. The maximum Gasteiger partial charge on any atom is 0.253 e. The van der Waals surface area contributed by atoms with Crippen molar-refractivity contribution in [2.45, 2.75) is 48.5 Å². The molecular weight excluding hydrogens is 348 g/mol. The van der Waals surface area contributed by atoms with E-state index in [2.05, 4.69) is 14.8 Å². The topological polar surface area (TPSA) is 77.3 Å². The molecule has 0 saturated carbocycles. The summed E-state index contributed by atoms with van der Waals surface area (Å²) in [4.78, 5) is 0. The van der Waals surface area contributed by atoms with Gasteiger partial charge in [0.05, 0.1) is 6.61 Å². The van der Waals surface area contributed by atoms with Crippen LogP contribution in [-0.2, 0) is 34.1 Å². The van der Waals surface area contributed by atoms with Crippen molar-refractivity contribution in [3.63, 3.8) is 0 Å². The van der Waals surface area contributed by atoms with Gasteiger partial charge in [0, 0.05) is 38.6 Å². The number of rotatable bonds is 5. The molecule has 2 aromatic heterocycles. The molecule has 0 amide bonds. The molecule has 2 bridgehead atoms. The van der Waals surface area contributed by atoms with Crippen LogP contribution in [0.5, 0.6) is 0 Å². The Bertz CT molecular complexity index is 816. The third-order valence-corrected chi connectivity index (χ3v) is 8.20. The Balaban J connectivity index is 1.67. The molecule has 4 rings (SSSR count). The van der Waals surface area contributed by atoms with Crippen molar-refractivity contribution < 1.29 is 13.2 Å². The molecule has 1 fully saturated rings. The van der Waals surface area contributed by atoms with Crippen LogP contribution in [-0.4, -0.2) is 53.3 Å². The molecule has 0 unspecified atom stereocenters. The van der Waals surface area contributed by atoms with Crippen molar-refractivity contribution in [3.05, 3.63) is 29.2 Å². The van der Waals surface area contributed by atoms with E-state index >= 15 is 0 Å². The van der Waals surface area contributed by atoms with E-state index < -0.39 is 10.0 Å². The Kier molecular flexibility index (Phi) is 4.19. The van der Waals surface area contributed by atoms with Gasteiger partial charge >= 0.3 is 0 Å². The van der Waals surface area contributed by atoms with Crippen LogP contribution in [0.1, 0.15) is 24.5 Å². The van der Waals surface area contributed by atoms with Gasteiger partial charge in [-0.3, -0.25) is 0 Å². The van der Waals surface area contributed by atoms with Crippen molar-refractivity contribution in [2.75, 3.05) is 13.7 Å². The predicted molar refractivity (Wildman–Crippen MR) is 89.5 cm³/mol. The minimum absolute atomic E-state index is 0.0252. The van der Waals surface area contributed by atoms with E-state index in [-0.39, 0.29) is 12.1 Å². The summed E-state index contributed by atoms with van der Waals surface area (Å²) >= 11 is 1.28. The lowest BCUT2D eigenvalue weighted by Gasteiger charge is -2.26. The average molecular weight is 368 g/mol. The van der Waals surface area contributed by atoms with E-state index in [0.29, 0.717) is 30.2 Å². The molecule has 24 heavy (non-hydrogen) atoms. The summed E-state index contributed by atoms with van der Waals surface area (Å²) in [5.41, 5.74) is 0. The summed E-state index contributed by atoms with van der Waals surface area (Å²) in [5.74, 6) is 1.77. The second-order valence-corrected chi connectivity index (χ2v) is 9.26. The molecule has 2 aliphatic heterocycles. The molecule has 0 aliphatic carbocycles. The zero-order valence-corrected chi connectivity index (χ0v) is 15.1. The molecule has 0 aromatic carbocycles. The van der Waals surface area contributed by atoms with E-state index in [4.69, 9.17) is 4.74 Å². The van der Waals surface area contributed by atoms with Crippen LogP contribution in [0.15, 0.2) is 21.7 Å². The lowest BCUT2D eigenvalue weighted by Crippen LogP contribution is -2.41. The number of sulfonamides is 1. The lowest BCUT2D eigenvalue weighted by molar-refractivity contribution is 0.199. The first-order valence-electron chi connectivity index (χ1n) is 8.08. The summed E-state index contributed by atoms with van der Waals surface area (Å²) in [7, 11) is -1.77. The van der Waals surface area contributed by atoms with E-state index in [0.717, 1.165) is 24.5 Å². The largest absolute Gasteiger partial charge is 0.384 e. The fourth-order valence-electron chi connectivity index (χ4n) is 3.74. The quantitative estimate of drug-likeness (QED) is 0.795. The van der Waals surface area contributed by atoms with Gasteiger partial charge in [-0.25, -0.2) is 8.42 Å². The third-order valence-electron chi connectivity index (χ3n) is 4.83. The average Bonchev–Trinajstić information content (AvgIpc) is 3.25. The maximum atomic E-state index is 13.1. The lowest BCUT2D eigenvalue weighted by atomic mass is 10.1. The highest BCUT2D eigenvalue weighted by molar-refractivity contribution is 7.91. The van der Waals surface area contributed by atoms with Gasteiger partial charge in [0.1, 0.15) is 15.9 Å². The van der Waals surface area contributed by atoms with Crippen LogP contribution < -0.4 is 0 Å². The van der Waals surface area contributed by atoms with Crippen LogP contribution in [0.3, 0.4) is 0 Å². The van der Waals surface area contributed by atoms with E-state index in [1.54, 1.807) is 23.5 Å². The smallest absolute Gasteiger partial charge is 0.253 e. The van der Waals surface area contributed by atoms with Gasteiger partial charge in [-0.05, 0) is 24.3 Å². The minimum atomic E-state index is -3.44. The highest BCUT2D eigenvalue weighted by Crippen LogP contribution is 2.37. The second-order valence-electron chi connectivity index (χ2n) is 6.24. The Morgan fingerprint density at radius 3 is 2.92 bits per heavy atom. The number of methoxy groups -OCH3 is 1. The number of ether oxygens (including phenoxy) is 1. The molecule has 7 nitrogen and oxygen atoms in total. The molecule has 4 heterocycles. The van der Waals surface area contributed by atoms with Gasteiger partial charge in [-0.1, -0.05) is 6.07 Å². The van der Waals surface area contributed by atoms with Gasteiger partial charge in [0.2, 0.25) is 0 Å². The summed E-state index contributed by atoms with van der Waals surface area (Å²) in [5, 5.41) is 10.4. The highest BCUT2D eigenvalue weighted by Gasteiger charge is 2.45. The zero-order chi connectivity index (χ0) is 16.7. The number of thiophene rings is 1. The molecule has 0 radical (unpaired) electrons. The van der Waals surface area contributed by atoms with Crippen LogP contribution in [0.2, 0.25) is 0 Å². The Hall–Kier alpha value is -1.29. The molecule has 9 heteroatoms. The molecular formula is C15H20N4O3S2. The number of fused-ring (bicyclic) bond motifs is 3. The second kappa shape index (κ2) is 6.21. The number of nitrogens with zero attached hydrogens (tertiary/aromatic N) is 4. The van der Waals surface area contributed by atoms with Crippen LogP contribution >= 0.6 is 11.3 Å². The van der Waals surface area contributed by atoms with Crippen LogP contribution in [0, 0.1) is 0 Å². The van der Waals surface area contributed by atoms with Crippen molar-refractivity contribution in [1.29, 1.82) is 0 Å². The van der Waals surface area contributed by atoms with E-state index in [1.807, 2.05) is 5.38 Å². The van der Waals surface area contributed by atoms with Crippen molar-refractivity contribution in [1.82, 2.24) is 19.1 Å². The highest BCUT2D eigenvalue weighted by atomic mass is 32.2. The maximum absolute atomic E-state index is 13.1. The third kappa shape index (κ3) is 2.59. The van der Waals surface area contributed by atoms with E-state index in [9.17, 15) is 8.42 Å². The first-order valence-corrected chi connectivity index (χ1v) is 10.4. The molecule has 2 aliphatic rings. The van der Waals surface area contributed by atoms with Crippen LogP contribution in [0.4, 0.5) is 0 Å². The van der Waals surface area contributed by atoms with Crippen LogP contribution in [0.25, 0.3) is 0 Å². The van der Waals surface area contributed by atoms with Gasteiger partial charge in [0.15, 0.2) is 0 Å². The van der Waals surface area contributed by atoms with Gasteiger partial charge in [-0.2, -0.15) is 4.31 Å². The zero-order valence-electron chi connectivity index (χ0n) is 13.5. The Morgan fingerprint density at radius 2 is 2.17 bits per heavy atom. The van der Waals surface area contributed by atoms with Crippen molar-refractivity contribution >= 4 is 21.4 Å².